The Bertz CT molecular complexity index is 482. The molecule has 0 radical (unpaired) electrons. The Morgan fingerprint density at radius 3 is 2.33 bits per heavy atom. The van der Waals surface area contributed by atoms with Gasteiger partial charge in [-0.05, 0) is 12.1 Å². The summed E-state index contributed by atoms with van der Waals surface area (Å²) in [6.07, 6.45) is -5.48. The number of amides is 1. The number of nitrogens with zero attached hydrogens (tertiary/aromatic N) is 1. The smallest absolute Gasteiger partial charge is 0.224 e. The van der Waals surface area contributed by atoms with Crippen LogP contribution in [0, 0.1) is 0 Å². The lowest BCUT2D eigenvalue weighted by atomic mass is 9.95. The highest BCUT2D eigenvalue weighted by Crippen LogP contribution is 2.28. The van der Waals surface area contributed by atoms with E-state index in [1.165, 1.54) is 11.8 Å². The van der Waals surface area contributed by atoms with E-state index < -0.39 is 43.2 Å². The van der Waals surface area contributed by atoms with E-state index in [0.29, 0.717) is 5.69 Å². The van der Waals surface area contributed by atoms with Crippen molar-refractivity contribution in [2.75, 3.05) is 11.5 Å². The van der Waals surface area contributed by atoms with Gasteiger partial charge in [-0.2, -0.15) is 0 Å². The van der Waals surface area contributed by atoms with Gasteiger partial charge in [0, 0.05) is 12.6 Å². The van der Waals surface area contributed by atoms with Crippen LogP contribution in [0.1, 0.15) is 6.92 Å². The number of rotatable bonds is 3. The fourth-order valence-corrected chi connectivity index (χ4v) is 2.51. The van der Waals surface area contributed by atoms with Crippen LogP contribution >= 0.6 is 0 Å². The molecule has 1 heterocycles. The third-order valence-electron chi connectivity index (χ3n) is 3.54. The van der Waals surface area contributed by atoms with E-state index in [1.54, 1.807) is 30.3 Å². The average Bonchev–Trinajstić information content (AvgIpc) is 2.47. The van der Waals surface area contributed by atoms with Crippen LogP contribution in [0.3, 0.4) is 0 Å². The van der Waals surface area contributed by atoms with Gasteiger partial charge in [-0.15, -0.1) is 0 Å². The number of anilines is 1. The second-order valence-corrected chi connectivity index (χ2v) is 4.94. The number of ether oxygens (including phenoxy) is 1. The lowest BCUT2D eigenvalue weighted by molar-refractivity contribution is -0.249. The van der Waals surface area contributed by atoms with Crippen LogP contribution in [0.5, 0.6) is 0 Å². The number of benzene rings is 1. The van der Waals surface area contributed by atoms with Crippen LogP contribution in [-0.4, -0.2) is 63.6 Å². The Balaban J connectivity index is 2.34. The van der Waals surface area contributed by atoms with E-state index in [1.807, 2.05) is 0 Å². The van der Waals surface area contributed by atoms with Gasteiger partial charge in [-0.1, -0.05) is 18.2 Å². The molecule has 21 heavy (non-hydrogen) atoms. The van der Waals surface area contributed by atoms with Crippen LogP contribution in [0.15, 0.2) is 30.3 Å². The van der Waals surface area contributed by atoms with E-state index in [0.717, 1.165) is 0 Å². The first-order chi connectivity index (χ1) is 9.97. The van der Waals surface area contributed by atoms with Crippen LogP contribution in [0.4, 0.5) is 5.69 Å². The largest absolute Gasteiger partial charge is 0.394 e. The summed E-state index contributed by atoms with van der Waals surface area (Å²) in [6, 6.07) is 7.31. The molecule has 0 spiro atoms. The first-order valence-corrected chi connectivity index (χ1v) is 6.62. The predicted octanol–water partition coefficient (Wildman–Crippen LogP) is -1.16. The highest BCUT2D eigenvalue weighted by molar-refractivity contribution is 5.92. The monoisotopic (exact) mass is 297 g/mol. The second kappa shape index (κ2) is 6.50. The summed E-state index contributed by atoms with van der Waals surface area (Å²) in [4.78, 5) is 13.1. The number of para-hydroxylation sites is 1. The van der Waals surface area contributed by atoms with Gasteiger partial charge < -0.3 is 30.1 Å². The zero-order valence-electron chi connectivity index (χ0n) is 11.5. The Morgan fingerprint density at radius 2 is 1.81 bits per heavy atom. The molecule has 0 aliphatic carbocycles. The fraction of sp³-hybridized carbons (Fsp3) is 0.500. The maximum atomic E-state index is 11.9. The normalized spacial score (nSPS) is 32.7. The number of carbonyl (C=O) groups is 1. The highest BCUT2D eigenvalue weighted by Gasteiger charge is 2.47. The van der Waals surface area contributed by atoms with E-state index in [9.17, 15) is 20.1 Å². The summed E-state index contributed by atoms with van der Waals surface area (Å²) in [5.74, 6) is -0.414. The molecule has 116 valence electrons. The number of aliphatic hydroxyl groups excluding tert-OH is 4. The van der Waals surface area contributed by atoms with E-state index in [-0.39, 0.29) is 0 Å². The van der Waals surface area contributed by atoms with Crippen molar-refractivity contribution in [1.82, 2.24) is 0 Å². The lowest BCUT2D eigenvalue weighted by Gasteiger charge is -2.44. The summed E-state index contributed by atoms with van der Waals surface area (Å²) in [6.45, 7) is 0.740. The number of carbonyl (C=O) groups excluding carboxylic acids is 1. The van der Waals surface area contributed by atoms with Crippen molar-refractivity contribution in [2.45, 2.75) is 37.6 Å². The molecule has 1 aliphatic rings. The first-order valence-electron chi connectivity index (χ1n) is 6.62. The molecule has 0 unspecified atom stereocenters. The van der Waals surface area contributed by atoms with Crippen molar-refractivity contribution in [3.8, 4) is 0 Å². The van der Waals surface area contributed by atoms with Crippen LogP contribution in [-0.2, 0) is 9.53 Å². The molecule has 1 aliphatic heterocycles. The van der Waals surface area contributed by atoms with E-state index in [2.05, 4.69) is 0 Å². The molecule has 0 aromatic heterocycles. The summed E-state index contributed by atoms with van der Waals surface area (Å²) in [5, 5.41) is 39.2. The molecule has 1 fully saturated rings. The van der Waals surface area contributed by atoms with Crippen LogP contribution in [0.2, 0.25) is 0 Å². The number of aliphatic hydroxyl groups is 4. The van der Waals surface area contributed by atoms with Crippen molar-refractivity contribution in [3.05, 3.63) is 30.3 Å². The Hall–Kier alpha value is -1.51. The van der Waals surface area contributed by atoms with Crippen molar-refractivity contribution < 1.29 is 30.0 Å². The van der Waals surface area contributed by atoms with E-state index >= 15 is 0 Å². The summed E-state index contributed by atoms with van der Waals surface area (Å²) < 4.78 is 5.09. The average molecular weight is 297 g/mol. The lowest BCUT2D eigenvalue weighted by Crippen LogP contribution is -2.65. The van der Waals surface area contributed by atoms with Crippen molar-refractivity contribution in [3.63, 3.8) is 0 Å². The second-order valence-electron chi connectivity index (χ2n) is 4.94. The molecule has 7 heteroatoms. The maximum absolute atomic E-state index is 11.9. The SMILES string of the molecule is CC(=O)N(c1ccccc1)[C@@H]1[C@@H](O)[C@H](O)[C@@H](CO)O[C@H]1O. The summed E-state index contributed by atoms with van der Waals surface area (Å²) >= 11 is 0. The van der Waals surface area contributed by atoms with Gasteiger partial charge in [0.2, 0.25) is 5.91 Å². The van der Waals surface area contributed by atoms with Gasteiger partial charge in [-0.25, -0.2) is 0 Å². The molecule has 4 N–H and O–H groups in total. The van der Waals surface area contributed by atoms with Gasteiger partial charge >= 0.3 is 0 Å². The molecule has 1 amide bonds. The van der Waals surface area contributed by atoms with Crippen molar-refractivity contribution in [1.29, 1.82) is 0 Å². The van der Waals surface area contributed by atoms with Gasteiger partial charge in [0.05, 0.1) is 6.61 Å². The Labute approximate surface area is 122 Å². The Kier molecular flexibility index (Phi) is 4.92. The third-order valence-corrected chi connectivity index (χ3v) is 3.54. The maximum Gasteiger partial charge on any atom is 0.224 e. The van der Waals surface area contributed by atoms with Crippen LogP contribution < -0.4 is 4.90 Å². The number of hydrogen-bond acceptors (Lipinski definition) is 6. The molecule has 2 rings (SSSR count). The fourth-order valence-electron chi connectivity index (χ4n) is 2.51. The van der Waals surface area contributed by atoms with Gasteiger partial charge in [-0.3, -0.25) is 4.79 Å². The summed E-state index contributed by atoms with van der Waals surface area (Å²) in [7, 11) is 0. The molecule has 5 atom stereocenters. The third kappa shape index (κ3) is 3.07. The topological polar surface area (TPSA) is 110 Å². The standard InChI is InChI=1S/C14H19NO6/c1-8(17)15(9-5-3-2-4-6-9)11-13(19)12(18)10(7-16)21-14(11)20/h2-6,10-14,16,18-20H,7H2,1H3/t10-,11-,12-,13-,14-/m1/s1. The van der Waals surface area contributed by atoms with E-state index in [4.69, 9.17) is 9.84 Å². The molecule has 1 saturated heterocycles. The highest BCUT2D eigenvalue weighted by atomic mass is 16.6. The minimum absolute atomic E-state index is 0.414. The number of hydrogen-bond donors (Lipinski definition) is 4. The van der Waals surface area contributed by atoms with Gasteiger partial charge in [0.25, 0.3) is 0 Å². The molecule has 0 bridgehead atoms. The predicted molar refractivity (Wildman–Crippen MR) is 73.4 cm³/mol. The molecule has 1 aromatic rings. The summed E-state index contributed by atoms with van der Waals surface area (Å²) in [5.41, 5.74) is 0.464. The minimum Gasteiger partial charge on any atom is -0.394 e. The zero-order valence-corrected chi connectivity index (χ0v) is 11.5. The van der Waals surface area contributed by atoms with Gasteiger partial charge in [0.15, 0.2) is 6.29 Å². The minimum atomic E-state index is -1.52. The molecule has 7 nitrogen and oxygen atoms in total. The molecule has 1 aromatic carbocycles. The molecular formula is C14H19NO6. The molecule has 0 saturated carbocycles. The van der Waals surface area contributed by atoms with Crippen molar-refractivity contribution >= 4 is 11.6 Å². The first kappa shape index (κ1) is 15.9. The Morgan fingerprint density at radius 1 is 1.19 bits per heavy atom. The molecular weight excluding hydrogens is 278 g/mol. The van der Waals surface area contributed by atoms with Crippen molar-refractivity contribution in [2.24, 2.45) is 0 Å². The van der Waals surface area contributed by atoms with Crippen LogP contribution in [0.25, 0.3) is 0 Å². The quantitative estimate of drug-likeness (QED) is 0.560. The van der Waals surface area contributed by atoms with Gasteiger partial charge in [0.1, 0.15) is 24.4 Å². The zero-order chi connectivity index (χ0) is 15.6.